The van der Waals surface area contributed by atoms with Crippen molar-refractivity contribution in [2.24, 2.45) is 11.8 Å². The molecule has 0 spiro atoms. The Kier molecular flexibility index (Phi) is 5.65. The summed E-state index contributed by atoms with van der Waals surface area (Å²) in [5.74, 6) is -1.11. The summed E-state index contributed by atoms with van der Waals surface area (Å²) in [7, 11) is 0. The molecule has 1 aromatic carbocycles. The largest absolute Gasteiger partial charge is 0.490 e. The number of nitrogens with zero attached hydrogens (tertiary/aromatic N) is 2. The van der Waals surface area contributed by atoms with Gasteiger partial charge in [-0.05, 0) is 24.0 Å². The van der Waals surface area contributed by atoms with Crippen molar-refractivity contribution >= 4 is 11.7 Å². The zero-order chi connectivity index (χ0) is 19.4. The molecule has 1 aromatic heterocycles. The van der Waals surface area contributed by atoms with Crippen LogP contribution in [-0.4, -0.2) is 48.4 Å². The van der Waals surface area contributed by atoms with Crippen LogP contribution in [0.5, 0.6) is 0 Å². The summed E-state index contributed by atoms with van der Waals surface area (Å²) in [5.41, 5.74) is 3.50. The minimum Gasteiger partial charge on any atom is -0.475 e. The number of anilines is 1. The number of nitrogens with one attached hydrogen (secondary N) is 1. The Balaban J connectivity index is 0.000000260. The molecule has 0 saturated carbocycles. The molecule has 2 aromatic rings. The fourth-order valence-corrected chi connectivity index (χ4v) is 3.42. The van der Waals surface area contributed by atoms with Gasteiger partial charge in [0.05, 0.1) is 17.6 Å². The second-order valence-corrected chi connectivity index (χ2v) is 6.65. The summed E-state index contributed by atoms with van der Waals surface area (Å²) >= 11 is 0. The van der Waals surface area contributed by atoms with Crippen molar-refractivity contribution in [1.29, 1.82) is 0 Å². The van der Waals surface area contributed by atoms with Gasteiger partial charge < -0.3 is 15.3 Å². The summed E-state index contributed by atoms with van der Waals surface area (Å²) < 4.78 is 31.7. The van der Waals surface area contributed by atoms with E-state index < -0.39 is 12.1 Å². The van der Waals surface area contributed by atoms with Crippen molar-refractivity contribution in [2.75, 3.05) is 31.1 Å². The number of carboxylic acids is 1. The van der Waals surface area contributed by atoms with Crippen molar-refractivity contribution in [3.63, 3.8) is 0 Å². The molecule has 5 nitrogen and oxygen atoms in total. The van der Waals surface area contributed by atoms with Crippen LogP contribution in [0, 0.1) is 11.8 Å². The Hall–Kier alpha value is -2.61. The molecule has 0 aliphatic carbocycles. The lowest BCUT2D eigenvalue weighted by Gasteiger charge is -2.19. The van der Waals surface area contributed by atoms with E-state index in [-0.39, 0.29) is 0 Å². The molecule has 4 rings (SSSR count). The highest BCUT2D eigenvalue weighted by molar-refractivity contribution is 5.73. The van der Waals surface area contributed by atoms with Crippen LogP contribution in [0.3, 0.4) is 0 Å². The van der Waals surface area contributed by atoms with Gasteiger partial charge in [-0.1, -0.05) is 30.3 Å². The maximum Gasteiger partial charge on any atom is 0.490 e. The van der Waals surface area contributed by atoms with Gasteiger partial charge in [-0.3, -0.25) is 4.98 Å². The number of carbonyl (C=O) groups is 1. The number of hydrogen-bond donors (Lipinski definition) is 2. The van der Waals surface area contributed by atoms with E-state index in [1.54, 1.807) is 0 Å². The first-order chi connectivity index (χ1) is 12.8. The number of carboxylic acid groups (broad SMARTS) is 1. The maximum atomic E-state index is 10.6. The summed E-state index contributed by atoms with van der Waals surface area (Å²) in [6.45, 7) is 4.70. The fourth-order valence-electron chi connectivity index (χ4n) is 3.42. The zero-order valence-corrected chi connectivity index (χ0v) is 14.5. The number of aliphatic carboxylic acids is 1. The molecule has 2 aliphatic heterocycles. The lowest BCUT2D eigenvalue weighted by molar-refractivity contribution is -0.192. The molecule has 3 heterocycles. The van der Waals surface area contributed by atoms with Crippen LogP contribution in [0.4, 0.5) is 18.9 Å². The predicted octanol–water partition coefficient (Wildman–Crippen LogP) is 3.04. The smallest absolute Gasteiger partial charge is 0.475 e. The normalized spacial score (nSPS) is 21.4. The van der Waals surface area contributed by atoms with Crippen LogP contribution in [0.2, 0.25) is 0 Å². The lowest BCUT2D eigenvalue weighted by Crippen LogP contribution is -2.25. The molecule has 2 aliphatic rings. The van der Waals surface area contributed by atoms with Crippen molar-refractivity contribution in [2.45, 2.75) is 6.18 Å². The number of hydrogen-bond acceptors (Lipinski definition) is 4. The first-order valence-electron chi connectivity index (χ1n) is 8.62. The second kappa shape index (κ2) is 7.96. The molecule has 8 heteroatoms. The van der Waals surface area contributed by atoms with E-state index in [0.29, 0.717) is 0 Å². The highest BCUT2D eigenvalue weighted by Crippen LogP contribution is 2.30. The van der Waals surface area contributed by atoms with Gasteiger partial charge in [0.1, 0.15) is 0 Å². The topological polar surface area (TPSA) is 65.5 Å². The van der Waals surface area contributed by atoms with Gasteiger partial charge >= 0.3 is 12.1 Å². The molecule has 144 valence electrons. The van der Waals surface area contributed by atoms with E-state index in [2.05, 4.69) is 51.6 Å². The Bertz CT molecular complexity index is 754. The Morgan fingerprint density at radius 3 is 2.15 bits per heavy atom. The fraction of sp³-hybridized carbons (Fsp3) is 0.368. The van der Waals surface area contributed by atoms with Gasteiger partial charge in [0.15, 0.2) is 0 Å². The van der Waals surface area contributed by atoms with Crippen molar-refractivity contribution < 1.29 is 23.1 Å². The molecular weight excluding hydrogens is 359 g/mol. The quantitative estimate of drug-likeness (QED) is 0.840. The first-order valence-corrected chi connectivity index (χ1v) is 8.62. The Morgan fingerprint density at radius 2 is 1.67 bits per heavy atom. The lowest BCUT2D eigenvalue weighted by atomic mass is 10.0. The van der Waals surface area contributed by atoms with Crippen LogP contribution in [-0.2, 0) is 4.79 Å². The highest BCUT2D eigenvalue weighted by Gasteiger charge is 2.38. The highest BCUT2D eigenvalue weighted by atomic mass is 19.4. The van der Waals surface area contributed by atoms with Gasteiger partial charge in [0, 0.05) is 31.7 Å². The van der Waals surface area contributed by atoms with Crippen molar-refractivity contribution in [1.82, 2.24) is 10.3 Å². The van der Waals surface area contributed by atoms with Gasteiger partial charge in [-0.25, -0.2) is 4.79 Å². The van der Waals surface area contributed by atoms with Gasteiger partial charge in [0.25, 0.3) is 0 Å². The standard InChI is InChI=1S/C17H19N3.C2HF3O2/c1-2-4-13(5-3-1)17-7-6-16(10-19-17)20-11-14-8-18-9-15(14)12-20;3-2(4,5)1(6)7/h1-7,10,14-15,18H,8-9,11-12H2;(H,6,7). The maximum absolute atomic E-state index is 10.6. The van der Waals surface area contributed by atoms with Gasteiger partial charge in [0.2, 0.25) is 0 Å². The molecule has 27 heavy (non-hydrogen) atoms. The molecule has 0 bridgehead atoms. The number of pyridine rings is 1. The first kappa shape index (κ1) is 19.2. The second-order valence-electron chi connectivity index (χ2n) is 6.65. The molecule has 2 N–H and O–H groups in total. The number of fused-ring (bicyclic) bond motifs is 1. The van der Waals surface area contributed by atoms with E-state index in [9.17, 15) is 13.2 Å². The molecule has 0 amide bonds. The summed E-state index contributed by atoms with van der Waals surface area (Å²) in [6.07, 6.45) is -3.06. The SMILES string of the molecule is O=C(O)C(F)(F)F.c1ccc(-c2ccc(N3CC4CNCC4C3)cn2)cc1. The average Bonchev–Trinajstić information content (AvgIpc) is 3.24. The Morgan fingerprint density at radius 1 is 1.07 bits per heavy atom. The van der Waals surface area contributed by atoms with Gasteiger partial charge in [-0.2, -0.15) is 13.2 Å². The monoisotopic (exact) mass is 379 g/mol. The van der Waals surface area contributed by atoms with Crippen LogP contribution >= 0.6 is 0 Å². The van der Waals surface area contributed by atoms with Crippen LogP contribution < -0.4 is 10.2 Å². The molecule has 2 saturated heterocycles. The minimum absolute atomic E-state index is 0.823. The molecule has 2 unspecified atom stereocenters. The molecular formula is C19H20F3N3O2. The summed E-state index contributed by atoms with van der Waals surface area (Å²) in [4.78, 5) is 16.0. The zero-order valence-electron chi connectivity index (χ0n) is 14.5. The number of alkyl halides is 3. The summed E-state index contributed by atoms with van der Waals surface area (Å²) in [6, 6.07) is 14.7. The summed E-state index contributed by atoms with van der Waals surface area (Å²) in [5, 5.41) is 10.6. The van der Waals surface area contributed by atoms with E-state index in [1.807, 2.05) is 12.3 Å². The number of aromatic nitrogens is 1. The van der Waals surface area contributed by atoms with E-state index in [0.717, 1.165) is 17.5 Å². The number of rotatable bonds is 2. The third kappa shape index (κ3) is 4.77. The van der Waals surface area contributed by atoms with Crippen LogP contribution in [0.25, 0.3) is 11.3 Å². The van der Waals surface area contributed by atoms with Crippen molar-refractivity contribution in [3.05, 3.63) is 48.7 Å². The van der Waals surface area contributed by atoms with Crippen molar-refractivity contribution in [3.8, 4) is 11.3 Å². The number of benzene rings is 1. The van der Waals surface area contributed by atoms with E-state index in [4.69, 9.17) is 9.90 Å². The van der Waals surface area contributed by atoms with Crippen LogP contribution in [0.1, 0.15) is 0 Å². The van der Waals surface area contributed by atoms with E-state index >= 15 is 0 Å². The number of halogens is 3. The van der Waals surface area contributed by atoms with Gasteiger partial charge in [-0.15, -0.1) is 0 Å². The third-order valence-corrected chi connectivity index (χ3v) is 4.81. The van der Waals surface area contributed by atoms with E-state index in [1.165, 1.54) is 37.4 Å². The average molecular weight is 379 g/mol. The molecule has 0 radical (unpaired) electrons. The third-order valence-electron chi connectivity index (χ3n) is 4.81. The Labute approximate surface area is 154 Å². The molecule has 2 atom stereocenters. The van der Waals surface area contributed by atoms with Crippen LogP contribution in [0.15, 0.2) is 48.7 Å². The molecule has 2 fully saturated rings. The predicted molar refractivity (Wildman–Crippen MR) is 95.4 cm³/mol. The minimum atomic E-state index is -5.08.